The summed E-state index contributed by atoms with van der Waals surface area (Å²) in [6.07, 6.45) is 4.71. The minimum Gasteiger partial charge on any atom is -0.351 e. The first-order valence-corrected chi connectivity index (χ1v) is 10.5. The highest BCUT2D eigenvalue weighted by Crippen LogP contribution is 2.19. The monoisotopic (exact) mass is 382 g/mol. The molecule has 4 rings (SSSR count). The summed E-state index contributed by atoms with van der Waals surface area (Å²) in [6, 6.07) is 8.11. The molecule has 0 atom stereocenters. The van der Waals surface area contributed by atoms with Gasteiger partial charge in [0, 0.05) is 50.2 Å². The van der Waals surface area contributed by atoms with Crippen LogP contribution in [0.2, 0.25) is 0 Å². The van der Waals surface area contributed by atoms with Gasteiger partial charge in [0.2, 0.25) is 5.91 Å². The Morgan fingerprint density at radius 3 is 2.32 bits per heavy atom. The topological polar surface area (TPSA) is 59.7 Å². The maximum absolute atomic E-state index is 12.9. The first-order valence-electron chi connectivity index (χ1n) is 10.5. The van der Waals surface area contributed by atoms with Crippen molar-refractivity contribution in [2.24, 2.45) is 0 Å². The van der Waals surface area contributed by atoms with E-state index in [1.807, 2.05) is 28.0 Å². The van der Waals surface area contributed by atoms with Crippen LogP contribution in [0.5, 0.6) is 0 Å². The average molecular weight is 383 g/mol. The molecule has 3 heterocycles. The average Bonchev–Trinajstić information content (AvgIpc) is 2.92. The van der Waals surface area contributed by atoms with Crippen molar-refractivity contribution in [3.63, 3.8) is 0 Å². The van der Waals surface area contributed by atoms with Gasteiger partial charge in [0.15, 0.2) is 0 Å². The lowest BCUT2D eigenvalue weighted by atomic mass is 10.2. The van der Waals surface area contributed by atoms with Crippen LogP contribution in [0.1, 0.15) is 41.7 Å². The number of aryl methyl sites for hydroxylation is 1. The second-order valence-corrected chi connectivity index (χ2v) is 8.14. The lowest BCUT2D eigenvalue weighted by molar-refractivity contribution is -0.132. The Kier molecular flexibility index (Phi) is 5.67. The van der Waals surface area contributed by atoms with Gasteiger partial charge in [-0.1, -0.05) is 24.5 Å². The minimum absolute atomic E-state index is 0.0485. The Hall–Kier alpha value is -2.34. The Balaban J connectivity index is 1.31. The smallest absolute Gasteiger partial charge is 0.270 e. The number of rotatable bonds is 3. The van der Waals surface area contributed by atoms with E-state index in [4.69, 9.17) is 0 Å². The molecule has 2 fully saturated rings. The van der Waals surface area contributed by atoms with Crippen molar-refractivity contribution < 1.29 is 9.59 Å². The molecule has 1 aromatic carbocycles. The van der Waals surface area contributed by atoms with E-state index in [0.717, 1.165) is 49.9 Å². The van der Waals surface area contributed by atoms with Crippen LogP contribution < -0.4 is 0 Å². The van der Waals surface area contributed by atoms with Gasteiger partial charge in [-0.3, -0.25) is 14.5 Å². The molecule has 0 saturated carbocycles. The SMILES string of the molecule is Cc1ccc2[nH]c(C(=O)N3CCN(CC(=O)N4CCCCCC4)CC3)cc2c1. The van der Waals surface area contributed by atoms with Crippen molar-refractivity contribution in [2.75, 3.05) is 45.8 Å². The molecular formula is C22H30N4O2. The molecule has 2 amide bonds. The van der Waals surface area contributed by atoms with Crippen LogP contribution in [0.15, 0.2) is 24.3 Å². The zero-order valence-corrected chi connectivity index (χ0v) is 16.7. The third-order valence-electron chi connectivity index (χ3n) is 5.98. The molecule has 2 aliphatic heterocycles. The van der Waals surface area contributed by atoms with Crippen molar-refractivity contribution in [1.29, 1.82) is 0 Å². The normalized spacial score (nSPS) is 19.0. The predicted octanol–water partition coefficient (Wildman–Crippen LogP) is 2.64. The van der Waals surface area contributed by atoms with Crippen LogP contribution in [0.25, 0.3) is 10.9 Å². The predicted molar refractivity (Wildman–Crippen MR) is 110 cm³/mol. The summed E-state index contributed by atoms with van der Waals surface area (Å²) < 4.78 is 0. The number of likely N-dealkylation sites (tertiary alicyclic amines) is 1. The Morgan fingerprint density at radius 2 is 1.61 bits per heavy atom. The van der Waals surface area contributed by atoms with Gasteiger partial charge in [-0.05, 0) is 38.0 Å². The van der Waals surface area contributed by atoms with E-state index in [1.165, 1.54) is 18.4 Å². The lowest BCUT2D eigenvalue weighted by Gasteiger charge is -2.35. The molecule has 1 N–H and O–H groups in total. The summed E-state index contributed by atoms with van der Waals surface area (Å²) in [5.41, 5.74) is 2.83. The number of fused-ring (bicyclic) bond motifs is 1. The molecule has 6 heteroatoms. The zero-order valence-electron chi connectivity index (χ0n) is 16.7. The molecule has 150 valence electrons. The van der Waals surface area contributed by atoms with E-state index >= 15 is 0 Å². The van der Waals surface area contributed by atoms with E-state index in [1.54, 1.807) is 0 Å². The molecule has 0 unspecified atom stereocenters. The quantitative estimate of drug-likeness (QED) is 0.888. The van der Waals surface area contributed by atoms with Gasteiger partial charge in [-0.25, -0.2) is 0 Å². The van der Waals surface area contributed by atoms with E-state index < -0.39 is 0 Å². The number of nitrogens with one attached hydrogen (secondary N) is 1. The molecule has 2 aromatic rings. The van der Waals surface area contributed by atoms with Gasteiger partial charge >= 0.3 is 0 Å². The van der Waals surface area contributed by atoms with E-state index in [9.17, 15) is 9.59 Å². The Bertz CT molecular complexity index is 843. The molecule has 2 saturated heterocycles. The minimum atomic E-state index is 0.0485. The van der Waals surface area contributed by atoms with Crippen LogP contribution in [-0.2, 0) is 4.79 Å². The number of aromatic amines is 1. The first kappa shape index (κ1) is 19.0. The van der Waals surface area contributed by atoms with Crippen molar-refractivity contribution in [3.05, 3.63) is 35.5 Å². The number of carbonyl (C=O) groups is 2. The third kappa shape index (κ3) is 4.22. The molecule has 0 aliphatic carbocycles. The van der Waals surface area contributed by atoms with Crippen LogP contribution in [0, 0.1) is 6.92 Å². The summed E-state index contributed by atoms with van der Waals surface area (Å²) in [6.45, 7) is 7.18. The summed E-state index contributed by atoms with van der Waals surface area (Å²) in [7, 11) is 0. The Labute approximate surface area is 166 Å². The number of hydrogen-bond acceptors (Lipinski definition) is 3. The summed E-state index contributed by atoms with van der Waals surface area (Å²) in [5, 5.41) is 1.07. The van der Waals surface area contributed by atoms with Gasteiger partial charge in [0.25, 0.3) is 5.91 Å². The first-order chi connectivity index (χ1) is 13.6. The number of amides is 2. The highest BCUT2D eigenvalue weighted by molar-refractivity contribution is 5.98. The zero-order chi connectivity index (χ0) is 19.5. The molecule has 1 aromatic heterocycles. The molecule has 0 radical (unpaired) electrons. The Morgan fingerprint density at radius 1 is 0.893 bits per heavy atom. The maximum Gasteiger partial charge on any atom is 0.270 e. The van der Waals surface area contributed by atoms with Gasteiger partial charge in [-0.15, -0.1) is 0 Å². The van der Waals surface area contributed by atoms with Crippen molar-refractivity contribution in [3.8, 4) is 0 Å². The number of benzene rings is 1. The van der Waals surface area contributed by atoms with Crippen LogP contribution in [0.4, 0.5) is 0 Å². The van der Waals surface area contributed by atoms with Crippen LogP contribution in [0.3, 0.4) is 0 Å². The maximum atomic E-state index is 12.9. The van der Waals surface area contributed by atoms with Crippen molar-refractivity contribution in [1.82, 2.24) is 19.7 Å². The summed E-state index contributed by atoms with van der Waals surface area (Å²) in [4.78, 5) is 34.8. The fraction of sp³-hybridized carbons (Fsp3) is 0.545. The van der Waals surface area contributed by atoms with E-state index in [2.05, 4.69) is 22.9 Å². The van der Waals surface area contributed by atoms with Crippen LogP contribution >= 0.6 is 0 Å². The lowest BCUT2D eigenvalue weighted by Crippen LogP contribution is -2.51. The molecule has 28 heavy (non-hydrogen) atoms. The van der Waals surface area contributed by atoms with Crippen molar-refractivity contribution >= 4 is 22.7 Å². The summed E-state index contributed by atoms with van der Waals surface area (Å²) in [5.74, 6) is 0.292. The highest BCUT2D eigenvalue weighted by Gasteiger charge is 2.25. The van der Waals surface area contributed by atoms with Gasteiger partial charge in [-0.2, -0.15) is 0 Å². The number of hydrogen-bond donors (Lipinski definition) is 1. The number of aromatic nitrogens is 1. The number of carbonyl (C=O) groups excluding carboxylic acids is 2. The van der Waals surface area contributed by atoms with Gasteiger partial charge in [0.1, 0.15) is 5.69 Å². The van der Waals surface area contributed by atoms with Crippen molar-refractivity contribution in [2.45, 2.75) is 32.6 Å². The number of H-pyrrole nitrogens is 1. The number of piperazine rings is 1. The fourth-order valence-electron chi connectivity index (χ4n) is 4.26. The number of nitrogens with zero attached hydrogens (tertiary/aromatic N) is 3. The molecule has 6 nitrogen and oxygen atoms in total. The fourth-order valence-corrected chi connectivity index (χ4v) is 4.26. The second kappa shape index (κ2) is 8.35. The van der Waals surface area contributed by atoms with Gasteiger partial charge in [0.05, 0.1) is 6.54 Å². The molecular weight excluding hydrogens is 352 g/mol. The molecule has 0 bridgehead atoms. The third-order valence-corrected chi connectivity index (χ3v) is 5.98. The van der Waals surface area contributed by atoms with Gasteiger partial charge < -0.3 is 14.8 Å². The highest BCUT2D eigenvalue weighted by atomic mass is 16.2. The van der Waals surface area contributed by atoms with E-state index in [-0.39, 0.29) is 11.8 Å². The summed E-state index contributed by atoms with van der Waals surface area (Å²) >= 11 is 0. The molecule has 2 aliphatic rings. The van der Waals surface area contributed by atoms with Crippen LogP contribution in [-0.4, -0.2) is 77.3 Å². The molecule has 0 spiro atoms. The largest absolute Gasteiger partial charge is 0.351 e. The van der Waals surface area contributed by atoms with E-state index in [0.29, 0.717) is 25.3 Å². The second-order valence-electron chi connectivity index (χ2n) is 8.14. The standard InChI is InChI=1S/C22H30N4O2/c1-17-6-7-19-18(14-17)15-20(23-19)22(28)26-12-10-24(11-13-26)16-21(27)25-8-4-2-3-5-9-25/h6-7,14-15,23H,2-5,8-13,16H2,1H3.